The van der Waals surface area contributed by atoms with Crippen molar-refractivity contribution in [2.45, 2.75) is 39.5 Å². The highest BCUT2D eigenvalue weighted by molar-refractivity contribution is 5.78. The quantitative estimate of drug-likeness (QED) is 0.714. The summed E-state index contributed by atoms with van der Waals surface area (Å²) in [5.74, 6) is 0.899. The third-order valence-corrected chi connectivity index (χ3v) is 2.71. The van der Waals surface area contributed by atoms with Crippen LogP contribution in [0.25, 0.3) is 0 Å². The van der Waals surface area contributed by atoms with Crippen LogP contribution in [0.3, 0.4) is 0 Å². The largest absolute Gasteiger partial charge is 0.300 e. The first-order chi connectivity index (χ1) is 7.22. The lowest BCUT2D eigenvalue weighted by Crippen LogP contribution is -2.05. The van der Waals surface area contributed by atoms with Crippen LogP contribution in [0.1, 0.15) is 38.7 Å². The molecule has 1 atom stereocenters. The number of rotatable bonds is 6. The first-order valence-corrected chi connectivity index (χ1v) is 5.63. The summed E-state index contributed by atoms with van der Waals surface area (Å²) in [6, 6.07) is 3.94. The van der Waals surface area contributed by atoms with Gasteiger partial charge in [-0.3, -0.25) is 9.78 Å². The van der Waals surface area contributed by atoms with Crippen molar-refractivity contribution in [2.24, 2.45) is 5.92 Å². The highest BCUT2D eigenvalue weighted by Gasteiger charge is 2.07. The normalized spacial score (nSPS) is 12.4. The van der Waals surface area contributed by atoms with E-state index in [2.05, 4.69) is 18.8 Å². The van der Waals surface area contributed by atoms with Crippen LogP contribution in [0.4, 0.5) is 0 Å². The van der Waals surface area contributed by atoms with E-state index in [0.29, 0.717) is 18.1 Å². The van der Waals surface area contributed by atoms with Crippen LogP contribution >= 0.6 is 0 Å². The fraction of sp³-hybridized carbons (Fsp3) is 0.538. The van der Waals surface area contributed by atoms with Gasteiger partial charge in [0.1, 0.15) is 5.78 Å². The van der Waals surface area contributed by atoms with E-state index in [0.717, 1.165) is 19.3 Å². The molecule has 0 N–H and O–H groups in total. The van der Waals surface area contributed by atoms with Crippen LogP contribution < -0.4 is 0 Å². The molecular formula is C13H19NO. The minimum Gasteiger partial charge on any atom is -0.300 e. The highest BCUT2D eigenvalue weighted by atomic mass is 16.1. The molecule has 0 amide bonds. The summed E-state index contributed by atoms with van der Waals surface area (Å²) in [5, 5.41) is 0. The van der Waals surface area contributed by atoms with Crippen molar-refractivity contribution in [2.75, 3.05) is 0 Å². The Hall–Kier alpha value is -1.18. The molecule has 0 spiro atoms. The zero-order chi connectivity index (χ0) is 11.1. The third-order valence-electron chi connectivity index (χ3n) is 2.71. The van der Waals surface area contributed by atoms with Gasteiger partial charge in [-0.25, -0.2) is 0 Å². The molecule has 1 unspecified atom stereocenters. The number of Topliss-reactive ketones (excluding diaryl/α,β-unsaturated/α-hetero) is 1. The Morgan fingerprint density at radius 1 is 1.40 bits per heavy atom. The van der Waals surface area contributed by atoms with E-state index in [1.807, 2.05) is 12.1 Å². The second-order valence-corrected chi connectivity index (χ2v) is 4.11. The van der Waals surface area contributed by atoms with E-state index < -0.39 is 0 Å². The predicted octanol–water partition coefficient (Wildman–Crippen LogP) is 3.02. The topological polar surface area (TPSA) is 30.0 Å². The fourth-order valence-corrected chi connectivity index (χ4v) is 1.47. The molecule has 1 rings (SSSR count). The molecule has 0 aliphatic carbocycles. The van der Waals surface area contributed by atoms with Crippen molar-refractivity contribution in [3.05, 3.63) is 30.1 Å². The molecule has 0 aliphatic rings. The Morgan fingerprint density at radius 3 is 2.67 bits per heavy atom. The van der Waals surface area contributed by atoms with Crippen molar-refractivity contribution in [1.82, 2.24) is 4.98 Å². The number of hydrogen-bond donors (Lipinski definition) is 0. The van der Waals surface area contributed by atoms with Crippen LogP contribution in [-0.2, 0) is 11.2 Å². The number of nitrogens with zero attached hydrogens (tertiary/aromatic N) is 1. The van der Waals surface area contributed by atoms with E-state index in [-0.39, 0.29) is 0 Å². The summed E-state index contributed by atoms with van der Waals surface area (Å²) in [6.45, 7) is 4.26. The molecule has 1 aromatic rings. The van der Waals surface area contributed by atoms with Crippen LogP contribution in [0.2, 0.25) is 0 Å². The Morgan fingerprint density at radius 2 is 2.07 bits per heavy atom. The lowest BCUT2D eigenvalue weighted by molar-refractivity contribution is -0.119. The molecule has 2 nitrogen and oxygen atoms in total. The van der Waals surface area contributed by atoms with Crippen LogP contribution in [0.5, 0.6) is 0 Å². The Kier molecular flexibility index (Phi) is 5.02. The van der Waals surface area contributed by atoms with Gasteiger partial charge in [-0.2, -0.15) is 0 Å². The van der Waals surface area contributed by atoms with E-state index in [4.69, 9.17) is 0 Å². The second-order valence-electron chi connectivity index (χ2n) is 4.11. The van der Waals surface area contributed by atoms with Crippen molar-refractivity contribution >= 4 is 5.78 Å². The van der Waals surface area contributed by atoms with Gasteiger partial charge in [0.25, 0.3) is 0 Å². The Labute approximate surface area is 91.7 Å². The summed E-state index contributed by atoms with van der Waals surface area (Å²) in [5.41, 5.74) is 1.20. The van der Waals surface area contributed by atoms with Crippen molar-refractivity contribution in [1.29, 1.82) is 0 Å². The number of hydrogen-bond acceptors (Lipinski definition) is 2. The van der Waals surface area contributed by atoms with Gasteiger partial charge in [0.15, 0.2) is 0 Å². The van der Waals surface area contributed by atoms with E-state index in [1.165, 1.54) is 5.56 Å². The molecular weight excluding hydrogens is 186 g/mol. The maximum Gasteiger partial charge on any atom is 0.133 e. The molecule has 0 radical (unpaired) electrons. The van der Waals surface area contributed by atoms with Gasteiger partial charge in [-0.1, -0.05) is 20.3 Å². The lowest BCUT2D eigenvalue weighted by Gasteiger charge is -2.06. The average molecular weight is 205 g/mol. The third kappa shape index (κ3) is 4.73. The van der Waals surface area contributed by atoms with Crippen molar-refractivity contribution in [3.63, 3.8) is 0 Å². The standard InChI is InChI=1S/C13H19NO/c1-3-11(2)10-13(15)5-4-12-6-8-14-9-7-12/h6-9,11H,3-5,10H2,1-2H3. The highest BCUT2D eigenvalue weighted by Crippen LogP contribution is 2.10. The van der Waals surface area contributed by atoms with Gasteiger partial charge >= 0.3 is 0 Å². The molecule has 1 heterocycles. The summed E-state index contributed by atoms with van der Waals surface area (Å²) < 4.78 is 0. The molecule has 0 saturated carbocycles. The van der Waals surface area contributed by atoms with Crippen molar-refractivity contribution in [3.8, 4) is 0 Å². The Balaban J connectivity index is 2.29. The van der Waals surface area contributed by atoms with Crippen LogP contribution in [0, 0.1) is 5.92 Å². The van der Waals surface area contributed by atoms with Crippen LogP contribution in [0.15, 0.2) is 24.5 Å². The molecule has 0 bridgehead atoms. The molecule has 0 aromatic carbocycles. The number of carbonyl (C=O) groups is 1. The maximum absolute atomic E-state index is 11.6. The maximum atomic E-state index is 11.6. The summed E-state index contributed by atoms with van der Waals surface area (Å²) in [6.07, 6.45) is 6.86. The minimum absolute atomic E-state index is 0.376. The first-order valence-electron chi connectivity index (χ1n) is 5.63. The van der Waals surface area contributed by atoms with Gasteiger partial charge in [-0.15, -0.1) is 0 Å². The molecule has 0 saturated heterocycles. The minimum atomic E-state index is 0.376. The number of aryl methyl sites for hydroxylation is 1. The van der Waals surface area contributed by atoms with Gasteiger partial charge in [0.2, 0.25) is 0 Å². The lowest BCUT2D eigenvalue weighted by atomic mass is 9.98. The molecule has 0 fully saturated rings. The van der Waals surface area contributed by atoms with E-state index >= 15 is 0 Å². The smallest absolute Gasteiger partial charge is 0.133 e. The average Bonchev–Trinajstić information content (AvgIpc) is 2.27. The van der Waals surface area contributed by atoms with Gasteiger partial charge in [0, 0.05) is 25.2 Å². The van der Waals surface area contributed by atoms with E-state index in [1.54, 1.807) is 12.4 Å². The summed E-state index contributed by atoms with van der Waals surface area (Å²) in [7, 11) is 0. The van der Waals surface area contributed by atoms with Crippen molar-refractivity contribution < 1.29 is 4.79 Å². The summed E-state index contributed by atoms with van der Waals surface area (Å²) >= 11 is 0. The number of carbonyl (C=O) groups excluding carboxylic acids is 1. The monoisotopic (exact) mass is 205 g/mol. The van der Waals surface area contributed by atoms with Crippen LogP contribution in [-0.4, -0.2) is 10.8 Å². The molecule has 0 aliphatic heterocycles. The first kappa shape index (κ1) is 11.9. The molecule has 1 aromatic heterocycles. The number of pyridine rings is 1. The van der Waals surface area contributed by atoms with E-state index in [9.17, 15) is 4.79 Å². The predicted molar refractivity (Wildman–Crippen MR) is 61.6 cm³/mol. The zero-order valence-corrected chi connectivity index (χ0v) is 9.57. The zero-order valence-electron chi connectivity index (χ0n) is 9.57. The van der Waals surface area contributed by atoms with Gasteiger partial charge in [-0.05, 0) is 30.0 Å². The Bertz CT molecular complexity index is 295. The fourth-order valence-electron chi connectivity index (χ4n) is 1.47. The molecule has 15 heavy (non-hydrogen) atoms. The van der Waals surface area contributed by atoms with Gasteiger partial charge in [0.05, 0.1) is 0 Å². The molecule has 82 valence electrons. The van der Waals surface area contributed by atoms with Gasteiger partial charge < -0.3 is 0 Å². The SMILES string of the molecule is CCC(C)CC(=O)CCc1ccncc1. The molecule has 2 heteroatoms. The number of ketones is 1. The second kappa shape index (κ2) is 6.33. The number of aromatic nitrogens is 1. The summed E-state index contributed by atoms with van der Waals surface area (Å²) in [4.78, 5) is 15.5.